The Bertz CT molecular complexity index is 624. The molecule has 0 saturated carbocycles. The van der Waals surface area contributed by atoms with Crippen LogP contribution in [0.4, 0.5) is 0 Å². The van der Waals surface area contributed by atoms with Gasteiger partial charge in [-0.1, -0.05) is 60.7 Å². The summed E-state index contributed by atoms with van der Waals surface area (Å²) in [5, 5.41) is 3.12. The molecule has 2 aromatic carbocycles. The predicted octanol–water partition coefficient (Wildman–Crippen LogP) is 3.10. The third kappa shape index (κ3) is 4.66. The van der Waals surface area contributed by atoms with E-state index in [-0.39, 0.29) is 17.9 Å². The lowest BCUT2D eigenvalue weighted by molar-refractivity contribution is -0.126. The van der Waals surface area contributed by atoms with Gasteiger partial charge in [0.25, 0.3) is 0 Å². The fourth-order valence-corrected chi connectivity index (χ4v) is 2.81. The first kappa shape index (κ1) is 16.7. The minimum Gasteiger partial charge on any atom is -0.381 e. The highest BCUT2D eigenvalue weighted by molar-refractivity contribution is 5.79. The second-order valence-corrected chi connectivity index (χ2v) is 6.03. The Balaban J connectivity index is 1.60. The fraction of sp³-hybridized carbons (Fsp3) is 0.350. The molecule has 24 heavy (non-hydrogen) atoms. The van der Waals surface area contributed by atoms with E-state index in [4.69, 9.17) is 9.47 Å². The maximum absolute atomic E-state index is 12.4. The van der Waals surface area contributed by atoms with Crippen LogP contribution < -0.4 is 5.32 Å². The second kappa shape index (κ2) is 8.62. The number of carbonyl (C=O) groups excluding carboxylic acids is 1. The van der Waals surface area contributed by atoms with Gasteiger partial charge in [0, 0.05) is 6.61 Å². The van der Waals surface area contributed by atoms with Crippen molar-refractivity contribution in [2.24, 2.45) is 5.92 Å². The lowest BCUT2D eigenvalue weighted by Gasteiger charge is -2.21. The van der Waals surface area contributed by atoms with Gasteiger partial charge in [-0.3, -0.25) is 4.79 Å². The molecule has 1 N–H and O–H groups in total. The fourth-order valence-electron chi connectivity index (χ4n) is 2.81. The standard InChI is InChI=1S/C20H23NO3/c22-20(18-11-12-23-14-18)21-19(17-9-5-2-6-10-17)15-24-13-16-7-3-1-4-8-16/h1-10,18-19H,11-15H2,(H,21,22). The van der Waals surface area contributed by atoms with Crippen LogP contribution in [0.5, 0.6) is 0 Å². The number of hydrogen-bond acceptors (Lipinski definition) is 3. The molecule has 0 radical (unpaired) electrons. The van der Waals surface area contributed by atoms with Crippen molar-refractivity contribution in [2.45, 2.75) is 19.1 Å². The van der Waals surface area contributed by atoms with E-state index < -0.39 is 0 Å². The number of benzene rings is 2. The molecule has 1 saturated heterocycles. The quantitative estimate of drug-likeness (QED) is 0.851. The van der Waals surface area contributed by atoms with Gasteiger partial charge in [0.1, 0.15) is 0 Å². The topological polar surface area (TPSA) is 47.6 Å². The zero-order chi connectivity index (χ0) is 16.6. The van der Waals surface area contributed by atoms with Gasteiger partial charge in [-0.15, -0.1) is 0 Å². The van der Waals surface area contributed by atoms with Gasteiger partial charge in [-0.2, -0.15) is 0 Å². The number of amides is 1. The number of carbonyl (C=O) groups is 1. The number of hydrogen-bond donors (Lipinski definition) is 1. The molecule has 2 unspecified atom stereocenters. The maximum atomic E-state index is 12.4. The minimum atomic E-state index is -0.150. The Morgan fingerprint density at radius 2 is 1.83 bits per heavy atom. The molecule has 1 amide bonds. The Labute approximate surface area is 142 Å². The third-order valence-corrected chi connectivity index (χ3v) is 4.21. The van der Waals surface area contributed by atoms with Crippen LogP contribution in [0.2, 0.25) is 0 Å². The van der Waals surface area contributed by atoms with E-state index in [2.05, 4.69) is 5.32 Å². The smallest absolute Gasteiger partial charge is 0.226 e. The molecular weight excluding hydrogens is 302 g/mol. The minimum absolute atomic E-state index is 0.0460. The van der Waals surface area contributed by atoms with Crippen molar-refractivity contribution >= 4 is 5.91 Å². The van der Waals surface area contributed by atoms with Crippen molar-refractivity contribution in [3.8, 4) is 0 Å². The van der Waals surface area contributed by atoms with Crippen LogP contribution in [-0.4, -0.2) is 25.7 Å². The van der Waals surface area contributed by atoms with Gasteiger partial charge in [-0.25, -0.2) is 0 Å². The van der Waals surface area contributed by atoms with E-state index in [1.165, 1.54) is 0 Å². The van der Waals surface area contributed by atoms with Crippen molar-refractivity contribution in [2.75, 3.05) is 19.8 Å². The number of nitrogens with one attached hydrogen (secondary N) is 1. The third-order valence-electron chi connectivity index (χ3n) is 4.21. The molecule has 3 rings (SSSR count). The normalized spacial score (nSPS) is 18.2. The van der Waals surface area contributed by atoms with E-state index in [1.807, 2.05) is 60.7 Å². The van der Waals surface area contributed by atoms with Crippen molar-refractivity contribution in [3.63, 3.8) is 0 Å². The predicted molar refractivity (Wildman–Crippen MR) is 92.3 cm³/mol. The van der Waals surface area contributed by atoms with Crippen LogP contribution in [0.25, 0.3) is 0 Å². The molecule has 1 aliphatic rings. The Hall–Kier alpha value is -2.17. The molecule has 126 valence electrons. The van der Waals surface area contributed by atoms with Crippen molar-refractivity contribution in [1.29, 1.82) is 0 Å². The van der Waals surface area contributed by atoms with Crippen molar-refractivity contribution < 1.29 is 14.3 Å². The molecule has 1 aliphatic heterocycles. The van der Waals surface area contributed by atoms with Gasteiger partial charge < -0.3 is 14.8 Å². The number of rotatable bonds is 7. The van der Waals surface area contributed by atoms with Crippen molar-refractivity contribution in [1.82, 2.24) is 5.32 Å². The lowest BCUT2D eigenvalue weighted by Crippen LogP contribution is -2.36. The van der Waals surface area contributed by atoms with Gasteiger partial charge in [-0.05, 0) is 17.5 Å². The highest BCUT2D eigenvalue weighted by atomic mass is 16.5. The highest BCUT2D eigenvalue weighted by Crippen LogP contribution is 2.18. The van der Waals surface area contributed by atoms with Crippen molar-refractivity contribution in [3.05, 3.63) is 71.8 Å². The molecule has 0 aliphatic carbocycles. The summed E-state index contributed by atoms with van der Waals surface area (Å²) in [5.41, 5.74) is 2.18. The molecule has 1 fully saturated rings. The molecule has 0 aromatic heterocycles. The average Bonchev–Trinajstić information content (AvgIpc) is 3.17. The van der Waals surface area contributed by atoms with Crippen LogP contribution in [0.1, 0.15) is 23.6 Å². The summed E-state index contributed by atoms with van der Waals surface area (Å²) in [5.74, 6) is -0.00463. The molecule has 0 spiro atoms. The van der Waals surface area contributed by atoms with Gasteiger partial charge in [0.2, 0.25) is 5.91 Å². The Morgan fingerprint density at radius 3 is 2.50 bits per heavy atom. The average molecular weight is 325 g/mol. The molecule has 0 bridgehead atoms. The summed E-state index contributed by atoms with van der Waals surface area (Å²) < 4.78 is 11.2. The van der Waals surface area contributed by atoms with E-state index in [0.717, 1.165) is 17.5 Å². The Morgan fingerprint density at radius 1 is 1.12 bits per heavy atom. The van der Waals surface area contributed by atoms with Gasteiger partial charge in [0.05, 0.1) is 31.8 Å². The van der Waals surface area contributed by atoms with Crippen LogP contribution in [-0.2, 0) is 20.9 Å². The second-order valence-electron chi connectivity index (χ2n) is 6.03. The summed E-state index contributed by atoms with van der Waals surface area (Å²) in [6.45, 7) is 2.15. The number of ether oxygens (including phenoxy) is 2. The highest BCUT2D eigenvalue weighted by Gasteiger charge is 2.26. The summed E-state index contributed by atoms with van der Waals surface area (Å²) in [7, 11) is 0. The molecule has 2 atom stereocenters. The van der Waals surface area contributed by atoms with Crippen LogP contribution in [0.15, 0.2) is 60.7 Å². The van der Waals surface area contributed by atoms with E-state index in [1.54, 1.807) is 0 Å². The Kier molecular flexibility index (Phi) is 5.99. The zero-order valence-electron chi connectivity index (χ0n) is 13.7. The van der Waals surface area contributed by atoms with E-state index >= 15 is 0 Å². The zero-order valence-corrected chi connectivity index (χ0v) is 13.7. The molecule has 1 heterocycles. The summed E-state index contributed by atoms with van der Waals surface area (Å²) in [4.78, 5) is 12.4. The molecule has 2 aromatic rings. The molecule has 4 nitrogen and oxygen atoms in total. The van der Waals surface area contributed by atoms with E-state index in [9.17, 15) is 4.79 Å². The van der Waals surface area contributed by atoms with Crippen LogP contribution >= 0.6 is 0 Å². The monoisotopic (exact) mass is 325 g/mol. The summed E-state index contributed by atoms with van der Waals surface area (Å²) in [6, 6.07) is 19.8. The maximum Gasteiger partial charge on any atom is 0.226 e. The largest absolute Gasteiger partial charge is 0.381 e. The molecular formula is C20H23NO3. The van der Waals surface area contributed by atoms with Crippen LogP contribution in [0, 0.1) is 5.92 Å². The first-order chi connectivity index (χ1) is 11.8. The van der Waals surface area contributed by atoms with Crippen LogP contribution in [0.3, 0.4) is 0 Å². The SMILES string of the molecule is O=C(NC(COCc1ccccc1)c1ccccc1)C1CCOC1. The first-order valence-corrected chi connectivity index (χ1v) is 8.37. The van der Waals surface area contributed by atoms with E-state index in [0.29, 0.717) is 26.4 Å². The van der Waals surface area contributed by atoms with Gasteiger partial charge >= 0.3 is 0 Å². The van der Waals surface area contributed by atoms with Gasteiger partial charge in [0.15, 0.2) is 0 Å². The first-order valence-electron chi connectivity index (χ1n) is 8.37. The molecule has 4 heteroatoms. The summed E-state index contributed by atoms with van der Waals surface area (Å²) >= 11 is 0. The summed E-state index contributed by atoms with van der Waals surface area (Å²) in [6.07, 6.45) is 0.790. The lowest BCUT2D eigenvalue weighted by atomic mass is 10.0.